The molecule has 0 spiro atoms. The minimum atomic E-state index is 0.546. The number of nitrogens with zero attached hydrogens (tertiary/aromatic N) is 6. The summed E-state index contributed by atoms with van der Waals surface area (Å²) in [4.78, 5) is 0. The van der Waals surface area contributed by atoms with E-state index in [9.17, 15) is 0 Å². The molecule has 0 amide bonds. The molecule has 1 aromatic heterocycles. The van der Waals surface area contributed by atoms with Gasteiger partial charge in [0.2, 0.25) is 0 Å². The Balaban J connectivity index is 1.76. The van der Waals surface area contributed by atoms with Crippen molar-refractivity contribution in [2.45, 2.75) is 11.6 Å². The van der Waals surface area contributed by atoms with Gasteiger partial charge in [-0.3, -0.25) is 0 Å². The second-order valence-electron chi connectivity index (χ2n) is 4.77. The van der Waals surface area contributed by atoms with Crippen LogP contribution in [0.2, 0.25) is 0 Å². The number of hydrogen-bond acceptors (Lipinski definition) is 6. The van der Waals surface area contributed by atoms with Gasteiger partial charge in [0, 0.05) is 24.2 Å². The molecule has 6 nitrogen and oxygen atoms in total. The molecule has 0 saturated heterocycles. The van der Waals surface area contributed by atoms with E-state index in [1.165, 1.54) is 0 Å². The van der Waals surface area contributed by atoms with E-state index in [4.69, 9.17) is 11.6 Å². The summed E-state index contributed by atoms with van der Waals surface area (Å²) in [6.45, 7) is 0.546. The summed E-state index contributed by atoms with van der Waals surface area (Å²) in [5, 5.41) is 20.9. The number of halogens is 1. The molecule has 0 bridgehead atoms. The molecule has 1 aromatic carbocycles. The predicted molar refractivity (Wildman–Crippen MR) is 88.8 cm³/mol. The molecule has 114 valence electrons. The topological polar surface area (TPSA) is 67.8 Å². The zero-order valence-corrected chi connectivity index (χ0v) is 13.7. The van der Waals surface area contributed by atoms with Crippen molar-refractivity contribution in [3.8, 4) is 11.4 Å². The maximum absolute atomic E-state index is 5.70. The summed E-state index contributed by atoms with van der Waals surface area (Å²) in [5.74, 6) is 2.46. The van der Waals surface area contributed by atoms with E-state index in [0.717, 1.165) is 40.0 Å². The Morgan fingerprint density at radius 1 is 1.18 bits per heavy atom. The number of hydrogen-bond donors (Lipinski definition) is 0. The summed E-state index contributed by atoms with van der Waals surface area (Å²) < 4.78 is 2.01. The summed E-state index contributed by atoms with van der Waals surface area (Å²) in [6.07, 6.45) is 0.960. The van der Waals surface area contributed by atoms with Gasteiger partial charge in [0.1, 0.15) is 6.54 Å². The van der Waals surface area contributed by atoms with Crippen molar-refractivity contribution in [1.29, 1.82) is 0 Å². The molecule has 0 unspecified atom stereocenters. The van der Waals surface area contributed by atoms with Gasteiger partial charge in [-0.25, -0.2) is 0 Å². The third kappa shape index (κ3) is 3.20. The molecule has 0 fully saturated rings. The van der Waals surface area contributed by atoms with Crippen LogP contribution in [-0.2, 0) is 7.05 Å². The Hall–Kier alpha value is -1.73. The van der Waals surface area contributed by atoms with Crippen molar-refractivity contribution in [3.05, 3.63) is 29.8 Å². The third-order valence-corrected chi connectivity index (χ3v) is 4.64. The van der Waals surface area contributed by atoms with E-state index in [2.05, 4.69) is 25.6 Å². The molecule has 1 aliphatic rings. The average molecular weight is 335 g/mol. The lowest BCUT2D eigenvalue weighted by molar-refractivity contribution is 0.793. The Bertz CT molecular complexity index is 707. The highest BCUT2D eigenvalue weighted by atomic mass is 35.5. The monoisotopic (exact) mass is 334 g/mol. The van der Waals surface area contributed by atoms with Crippen molar-refractivity contribution < 1.29 is 0 Å². The van der Waals surface area contributed by atoms with Gasteiger partial charge >= 0.3 is 0 Å². The Kier molecular flexibility index (Phi) is 4.84. The normalized spacial score (nSPS) is 13.6. The number of thioether (sulfide) groups is 1. The van der Waals surface area contributed by atoms with Crippen LogP contribution >= 0.6 is 23.4 Å². The van der Waals surface area contributed by atoms with E-state index in [-0.39, 0.29) is 0 Å². The first-order valence-electron chi connectivity index (χ1n) is 6.92. The third-order valence-electron chi connectivity index (χ3n) is 3.27. The van der Waals surface area contributed by atoms with Crippen LogP contribution < -0.4 is 0 Å². The summed E-state index contributed by atoms with van der Waals surface area (Å²) >= 11 is 7.37. The van der Waals surface area contributed by atoms with Gasteiger partial charge < -0.3 is 4.57 Å². The zero-order chi connectivity index (χ0) is 15.4. The molecule has 0 radical (unpaired) electrons. The second kappa shape index (κ2) is 7.02. The maximum atomic E-state index is 5.70. The molecular weight excluding hydrogens is 320 g/mol. The fraction of sp³-hybridized carbons (Fsp3) is 0.357. The minimum Gasteiger partial charge on any atom is -0.305 e. The highest BCUT2D eigenvalue weighted by molar-refractivity contribution is 7.99. The fourth-order valence-electron chi connectivity index (χ4n) is 2.09. The fourth-order valence-corrected chi connectivity index (χ4v) is 3.23. The first kappa shape index (κ1) is 15.2. The summed E-state index contributed by atoms with van der Waals surface area (Å²) in [5.41, 5.74) is 2.95. The van der Waals surface area contributed by atoms with Gasteiger partial charge in [-0.2, -0.15) is 5.11 Å². The molecule has 2 aromatic rings. The maximum Gasteiger partial charge on any atom is 0.191 e. The van der Waals surface area contributed by atoms with Gasteiger partial charge in [-0.05, 0) is 17.2 Å². The molecule has 8 heteroatoms. The van der Waals surface area contributed by atoms with Crippen LogP contribution in [0.5, 0.6) is 0 Å². The van der Waals surface area contributed by atoms with Crippen LogP contribution in [0.4, 0.5) is 0 Å². The van der Waals surface area contributed by atoms with Crippen LogP contribution in [0, 0.1) is 0 Å². The predicted octanol–water partition coefficient (Wildman–Crippen LogP) is 3.37. The van der Waals surface area contributed by atoms with Crippen LogP contribution in [0.15, 0.2) is 44.9 Å². The molecule has 2 heterocycles. The minimum absolute atomic E-state index is 0.546. The molecular formula is C14H15ClN6S. The van der Waals surface area contributed by atoms with Gasteiger partial charge in [0.25, 0.3) is 0 Å². The summed E-state index contributed by atoms with van der Waals surface area (Å²) in [7, 11) is 1.98. The van der Waals surface area contributed by atoms with Gasteiger partial charge in [0.05, 0.1) is 5.71 Å². The quantitative estimate of drug-likeness (QED) is 0.462. The van der Waals surface area contributed by atoms with Crippen molar-refractivity contribution in [3.63, 3.8) is 0 Å². The molecule has 0 saturated carbocycles. The highest BCUT2D eigenvalue weighted by Gasteiger charge is 2.12. The van der Waals surface area contributed by atoms with Crippen molar-refractivity contribution in [2.24, 2.45) is 22.5 Å². The molecule has 3 rings (SSSR count). The Labute approximate surface area is 137 Å². The molecule has 0 atom stereocenters. The molecule has 0 aliphatic carbocycles. The summed E-state index contributed by atoms with van der Waals surface area (Å²) in [6, 6.07) is 8.07. The smallest absolute Gasteiger partial charge is 0.191 e. The molecule has 1 aliphatic heterocycles. The van der Waals surface area contributed by atoms with E-state index in [0.29, 0.717) is 12.4 Å². The first-order valence-corrected chi connectivity index (χ1v) is 8.44. The number of benzene rings is 1. The van der Waals surface area contributed by atoms with E-state index in [1.807, 2.05) is 35.9 Å². The lowest BCUT2D eigenvalue weighted by Gasteiger charge is -2.04. The van der Waals surface area contributed by atoms with E-state index >= 15 is 0 Å². The van der Waals surface area contributed by atoms with E-state index < -0.39 is 0 Å². The van der Waals surface area contributed by atoms with Crippen LogP contribution in [0.1, 0.15) is 12.0 Å². The van der Waals surface area contributed by atoms with Gasteiger partial charge in [-0.1, -0.05) is 36.0 Å². The first-order chi connectivity index (χ1) is 10.8. The van der Waals surface area contributed by atoms with Crippen LogP contribution in [0.25, 0.3) is 11.4 Å². The second-order valence-corrected chi connectivity index (χ2v) is 6.21. The standard InChI is InChI=1S/C14H15ClN6S/c1-21-13(18-19-14(21)22-8-2-7-15)11-5-3-10(4-6-11)12-9-16-20-17-12/h3-6H,2,7-9H2,1H3. The number of aromatic nitrogens is 3. The van der Waals surface area contributed by atoms with E-state index in [1.54, 1.807) is 11.8 Å². The Morgan fingerprint density at radius 3 is 2.64 bits per heavy atom. The van der Waals surface area contributed by atoms with Gasteiger partial charge in [0.15, 0.2) is 11.0 Å². The van der Waals surface area contributed by atoms with Crippen molar-refractivity contribution in [2.75, 3.05) is 18.2 Å². The van der Waals surface area contributed by atoms with Crippen molar-refractivity contribution in [1.82, 2.24) is 14.8 Å². The molecule has 0 N–H and O–H groups in total. The lowest BCUT2D eigenvalue weighted by Crippen LogP contribution is -2.01. The largest absolute Gasteiger partial charge is 0.305 e. The molecule has 22 heavy (non-hydrogen) atoms. The van der Waals surface area contributed by atoms with Crippen LogP contribution in [-0.4, -0.2) is 38.7 Å². The van der Waals surface area contributed by atoms with Crippen molar-refractivity contribution >= 4 is 29.1 Å². The number of rotatable bonds is 6. The lowest BCUT2D eigenvalue weighted by atomic mass is 10.1. The Morgan fingerprint density at radius 2 is 1.95 bits per heavy atom. The zero-order valence-electron chi connectivity index (χ0n) is 12.1. The van der Waals surface area contributed by atoms with Crippen LogP contribution in [0.3, 0.4) is 0 Å². The highest BCUT2D eigenvalue weighted by Crippen LogP contribution is 2.23. The van der Waals surface area contributed by atoms with Gasteiger partial charge in [-0.15, -0.1) is 26.9 Å². The SMILES string of the molecule is Cn1c(SCCCCl)nnc1-c1ccc(C2=NN=NC2)cc1. The average Bonchev–Trinajstić information content (AvgIpc) is 3.19. The number of alkyl halides is 1.